The number of halogens is 1. The number of esters is 1. The Morgan fingerprint density at radius 2 is 2.25 bits per heavy atom. The van der Waals surface area contributed by atoms with Crippen molar-refractivity contribution in [3.8, 4) is 0 Å². The van der Waals surface area contributed by atoms with Crippen LogP contribution >= 0.6 is 15.9 Å². The fourth-order valence-corrected chi connectivity index (χ4v) is 2.77. The number of nitrogens with zero attached hydrogens (tertiary/aromatic N) is 2. The first-order chi connectivity index (χ1) is 9.61. The molecule has 0 N–H and O–H groups in total. The molecule has 1 saturated heterocycles. The molecule has 1 unspecified atom stereocenters. The minimum Gasteiger partial charge on any atom is -0.469 e. The molecule has 1 aliphatic rings. The Labute approximate surface area is 126 Å². The zero-order valence-electron chi connectivity index (χ0n) is 11.3. The van der Waals surface area contributed by atoms with Crippen LogP contribution in [0, 0.1) is 0 Å². The highest BCUT2D eigenvalue weighted by Gasteiger charge is 2.30. The molecule has 0 aromatic carbocycles. The molecule has 0 aliphatic carbocycles. The topological polar surface area (TPSA) is 59.5 Å². The van der Waals surface area contributed by atoms with E-state index in [0.717, 1.165) is 19.3 Å². The quantitative estimate of drug-likeness (QED) is 0.626. The average Bonchev–Trinajstić information content (AvgIpc) is 2.47. The van der Waals surface area contributed by atoms with E-state index >= 15 is 0 Å². The molecular formula is C14H17BrN2O3. The second kappa shape index (κ2) is 6.83. The summed E-state index contributed by atoms with van der Waals surface area (Å²) in [5, 5.41) is 0. The number of ether oxygens (including phenoxy) is 1. The van der Waals surface area contributed by atoms with Crippen LogP contribution in [0.4, 0.5) is 0 Å². The number of carbonyl (C=O) groups excluding carboxylic acids is 2. The molecule has 0 spiro atoms. The number of rotatable bonds is 3. The van der Waals surface area contributed by atoms with Gasteiger partial charge in [0.25, 0.3) is 5.91 Å². The molecule has 0 radical (unpaired) electrons. The highest BCUT2D eigenvalue weighted by molar-refractivity contribution is 9.10. The molecule has 5 nitrogen and oxygen atoms in total. The van der Waals surface area contributed by atoms with E-state index in [4.69, 9.17) is 4.74 Å². The molecule has 1 amide bonds. The Balaban J connectivity index is 2.15. The molecule has 0 bridgehead atoms. The zero-order valence-corrected chi connectivity index (χ0v) is 12.9. The van der Waals surface area contributed by atoms with Gasteiger partial charge in [0.2, 0.25) is 0 Å². The molecule has 2 rings (SSSR count). The summed E-state index contributed by atoms with van der Waals surface area (Å²) in [6.07, 6.45) is 3.06. The summed E-state index contributed by atoms with van der Waals surface area (Å²) < 4.78 is 5.34. The van der Waals surface area contributed by atoms with Gasteiger partial charge < -0.3 is 9.64 Å². The minimum atomic E-state index is -0.281. The van der Waals surface area contributed by atoms with Gasteiger partial charge in [0, 0.05) is 12.6 Å². The van der Waals surface area contributed by atoms with E-state index in [0.29, 0.717) is 16.8 Å². The van der Waals surface area contributed by atoms with Crippen LogP contribution in [-0.4, -0.2) is 41.5 Å². The van der Waals surface area contributed by atoms with Gasteiger partial charge in [-0.25, -0.2) is 4.98 Å². The number of pyridine rings is 1. The Morgan fingerprint density at radius 3 is 2.95 bits per heavy atom. The van der Waals surface area contributed by atoms with Gasteiger partial charge >= 0.3 is 5.97 Å². The summed E-state index contributed by atoms with van der Waals surface area (Å²) in [7, 11) is 1.37. The molecule has 108 valence electrons. The smallest absolute Gasteiger partial charge is 0.307 e. The predicted octanol–water partition coefficient (Wildman–Crippen LogP) is 2.40. The van der Waals surface area contributed by atoms with Gasteiger partial charge in [-0.05, 0) is 47.3 Å². The van der Waals surface area contributed by atoms with E-state index in [9.17, 15) is 9.59 Å². The third-order valence-electron chi connectivity index (χ3n) is 3.45. The number of hydrogen-bond donors (Lipinski definition) is 0. The fraction of sp³-hybridized carbons (Fsp3) is 0.500. The second-order valence-electron chi connectivity index (χ2n) is 4.77. The van der Waals surface area contributed by atoms with Crippen molar-refractivity contribution in [3.63, 3.8) is 0 Å². The average molecular weight is 341 g/mol. The summed E-state index contributed by atoms with van der Waals surface area (Å²) in [5.74, 6) is -0.406. The van der Waals surface area contributed by atoms with Crippen molar-refractivity contribution in [2.75, 3.05) is 13.7 Å². The van der Waals surface area contributed by atoms with Gasteiger partial charge in [0.15, 0.2) is 0 Å². The van der Waals surface area contributed by atoms with E-state index in [1.165, 1.54) is 7.11 Å². The van der Waals surface area contributed by atoms with Crippen molar-refractivity contribution in [1.82, 2.24) is 9.88 Å². The number of piperidine rings is 1. The van der Waals surface area contributed by atoms with Crippen molar-refractivity contribution in [2.24, 2.45) is 0 Å². The maximum atomic E-state index is 12.5. The van der Waals surface area contributed by atoms with Crippen LogP contribution in [0.15, 0.2) is 22.8 Å². The highest BCUT2D eigenvalue weighted by atomic mass is 79.9. The zero-order chi connectivity index (χ0) is 14.5. The van der Waals surface area contributed by atoms with Crippen molar-refractivity contribution in [1.29, 1.82) is 0 Å². The van der Waals surface area contributed by atoms with Crippen molar-refractivity contribution < 1.29 is 14.3 Å². The number of carbonyl (C=O) groups is 2. The molecule has 2 heterocycles. The molecule has 1 atom stereocenters. The molecule has 0 saturated carbocycles. The van der Waals surface area contributed by atoms with E-state index in [1.54, 1.807) is 23.1 Å². The lowest BCUT2D eigenvalue weighted by molar-refractivity contribution is -0.142. The lowest BCUT2D eigenvalue weighted by atomic mass is 9.99. The maximum Gasteiger partial charge on any atom is 0.307 e. The summed E-state index contributed by atoms with van der Waals surface area (Å²) in [5.41, 5.74) is 0.399. The number of likely N-dealkylation sites (tertiary alicyclic amines) is 1. The number of aromatic nitrogens is 1. The number of methoxy groups -OCH3 is 1. The highest BCUT2D eigenvalue weighted by Crippen LogP contribution is 2.22. The van der Waals surface area contributed by atoms with Crippen LogP contribution in [0.3, 0.4) is 0 Å². The van der Waals surface area contributed by atoms with Crippen LogP contribution in [0.2, 0.25) is 0 Å². The third kappa shape index (κ3) is 3.56. The molecule has 1 aromatic heterocycles. The van der Waals surface area contributed by atoms with Crippen LogP contribution < -0.4 is 0 Å². The maximum absolute atomic E-state index is 12.5. The third-order valence-corrected chi connectivity index (χ3v) is 3.89. The van der Waals surface area contributed by atoms with Gasteiger partial charge in [-0.2, -0.15) is 0 Å². The molecule has 1 fully saturated rings. The molecular weight excluding hydrogens is 324 g/mol. The first kappa shape index (κ1) is 15.0. The summed E-state index contributed by atoms with van der Waals surface area (Å²) in [4.78, 5) is 29.9. The summed E-state index contributed by atoms with van der Waals surface area (Å²) >= 11 is 3.27. The lowest BCUT2D eigenvalue weighted by Crippen LogP contribution is -2.45. The first-order valence-electron chi connectivity index (χ1n) is 6.62. The van der Waals surface area contributed by atoms with Crippen molar-refractivity contribution >= 4 is 27.8 Å². The molecule has 1 aromatic rings. The van der Waals surface area contributed by atoms with Gasteiger partial charge in [-0.3, -0.25) is 9.59 Å². The van der Waals surface area contributed by atoms with Crippen LogP contribution in [-0.2, 0) is 9.53 Å². The predicted molar refractivity (Wildman–Crippen MR) is 77.2 cm³/mol. The number of amides is 1. The van der Waals surface area contributed by atoms with Crippen molar-refractivity contribution in [2.45, 2.75) is 31.7 Å². The van der Waals surface area contributed by atoms with Crippen LogP contribution in [0.5, 0.6) is 0 Å². The normalized spacial score (nSPS) is 18.7. The van der Waals surface area contributed by atoms with E-state index in [2.05, 4.69) is 20.9 Å². The van der Waals surface area contributed by atoms with Gasteiger partial charge in [-0.15, -0.1) is 0 Å². The van der Waals surface area contributed by atoms with E-state index in [1.807, 2.05) is 0 Å². The van der Waals surface area contributed by atoms with E-state index < -0.39 is 0 Å². The summed E-state index contributed by atoms with van der Waals surface area (Å²) in [6.45, 7) is 0.661. The van der Waals surface area contributed by atoms with Gasteiger partial charge in [-0.1, -0.05) is 6.07 Å². The minimum absolute atomic E-state index is 0.0931. The monoisotopic (exact) mass is 340 g/mol. The number of hydrogen-bond acceptors (Lipinski definition) is 4. The Kier molecular flexibility index (Phi) is 5.11. The van der Waals surface area contributed by atoms with Crippen molar-refractivity contribution in [3.05, 3.63) is 28.5 Å². The second-order valence-corrected chi connectivity index (χ2v) is 5.59. The van der Waals surface area contributed by atoms with Gasteiger partial charge in [0.05, 0.1) is 13.5 Å². The molecule has 1 aliphatic heterocycles. The lowest BCUT2D eigenvalue weighted by Gasteiger charge is -2.35. The largest absolute Gasteiger partial charge is 0.469 e. The van der Waals surface area contributed by atoms with E-state index in [-0.39, 0.29) is 24.3 Å². The fourth-order valence-electron chi connectivity index (χ4n) is 2.43. The summed E-state index contributed by atoms with van der Waals surface area (Å²) in [6, 6.07) is 5.16. The van der Waals surface area contributed by atoms with Gasteiger partial charge in [0.1, 0.15) is 10.3 Å². The standard InChI is InChI=1S/C14H17BrN2O3/c1-20-13(18)9-10-5-2-3-8-17(10)14(19)11-6-4-7-12(15)16-11/h4,6-7,10H,2-3,5,8-9H2,1H3. The Hall–Kier alpha value is -1.43. The first-order valence-corrected chi connectivity index (χ1v) is 7.41. The van der Waals surface area contributed by atoms with Crippen LogP contribution in [0.1, 0.15) is 36.2 Å². The molecule has 6 heteroatoms. The Bertz CT molecular complexity index is 507. The SMILES string of the molecule is COC(=O)CC1CCCCN1C(=O)c1cccc(Br)n1. The van der Waals surface area contributed by atoms with Crippen LogP contribution in [0.25, 0.3) is 0 Å². The molecule has 20 heavy (non-hydrogen) atoms. The Morgan fingerprint density at radius 1 is 1.45 bits per heavy atom.